The fraction of sp³-hybridized carbons (Fsp3) is 0.0769. The number of nitrogens with zero attached hydrogens (tertiary/aromatic N) is 2. The Morgan fingerprint density at radius 1 is 1.09 bits per heavy atom. The molecule has 9 heteroatoms. The molecule has 0 aliphatic heterocycles. The van der Waals surface area contributed by atoms with Crippen molar-refractivity contribution in [3.63, 3.8) is 0 Å². The number of rotatable bonds is 4. The summed E-state index contributed by atoms with van der Waals surface area (Å²) in [5.41, 5.74) is -0.872. The molecule has 2 aromatic rings. The van der Waals surface area contributed by atoms with Crippen LogP contribution in [0.1, 0.15) is 5.56 Å². The topological polar surface area (TPSA) is 95.5 Å². The second-order valence-corrected chi connectivity index (χ2v) is 4.73. The summed E-state index contributed by atoms with van der Waals surface area (Å²) in [6.07, 6.45) is 0. The molecule has 114 valence electrons. The van der Waals surface area contributed by atoms with Crippen molar-refractivity contribution in [2.24, 2.45) is 0 Å². The maximum absolute atomic E-state index is 13.8. The Kier molecular flexibility index (Phi) is 4.22. The molecule has 0 aliphatic rings. The molecular formula is C13H8ClFN2O5. The third kappa shape index (κ3) is 3.12. The van der Waals surface area contributed by atoms with Crippen LogP contribution in [0.3, 0.4) is 0 Å². The summed E-state index contributed by atoms with van der Waals surface area (Å²) in [6, 6.07) is 5.52. The van der Waals surface area contributed by atoms with E-state index in [0.717, 1.165) is 18.2 Å². The number of nitro benzene ring substituents is 2. The van der Waals surface area contributed by atoms with E-state index in [9.17, 15) is 24.6 Å². The summed E-state index contributed by atoms with van der Waals surface area (Å²) < 4.78 is 19.0. The van der Waals surface area contributed by atoms with Crippen molar-refractivity contribution >= 4 is 23.0 Å². The van der Waals surface area contributed by atoms with Gasteiger partial charge in [-0.05, 0) is 30.7 Å². The summed E-state index contributed by atoms with van der Waals surface area (Å²) in [7, 11) is 0. The largest absolute Gasteiger partial charge is 0.452 e. The lowest BCUT2D eigenvalue weighted by atomic mass is 10.2. The zero-order valence-corrected chi connectivity index (χ0v) is 11.8. The second-order valence-electron chi connectivity index (χ2n) is 4.32. The van der Waals surface area contributed by atoms with Crippen LogP contribution in [0.5, 0.6) is 11.5 Å². The maximum atomic E-state index is 13.8. The monoisotopic (exact) mass is 326 g/mol. The lowest BCUT2D eigenvalue weighted by Crippen LogP contribution is -1.97. The van der Waals surface area contributed by atoms with Gasteiger partial charge in [-0.1, -0.05) is 11.6 Å². The summed E-state index contributed by atoms with van der Waals surface area (Å²) in [6.45, 7) is 1.63. The van der Waals surface area contributed by atoms with Crippen molar-refractivity contribution in [3.05, 3.63) is 67.0 Å². The third-order valence-corrected chi connectivity index (χ3v) is 2.98. The Bertz CT molecular complexity index is 758. The lowest BCUT2D eigenvalue weighted by Gasteiger charge is -2.09. The van der Waals surface area contributed by atoms with Gasteiger partial charge in [0, 0.05) is 6.07 Å². The molecule has 0 aliphatic carbocycles. The standard InChI is InChI=1S/C13H8ClFN2O5/c1-7-4-9(14)13(10(15)5-7)22-8-2-3-11(16(18)19)12(6-8)17(20)21/h2-6H,1H3. The van der Waals surface area contributed by atoms with Crippen LogP contribution in [0, 0.1) is 33.0 Å². The van der Waals surface area contributed by atoms with Crippen molar-refractivity contribution in [2.75, 3.05) is 0 Å². The summed E-state index contributed by atoms with van der Waals surface area (Å²) in [5, 5.41) is 21.6. The Morgan fingerprint density at radius 2 is 1.73 bits per heavy atom. The van der Waals surface area contributed by atoms with E-state index in [0.29, 0.717) is 5.56 Å². The van der Waals surface area contributed by atoms with Crippen molar-refractivity contribution in [2.45, 2.75) is 6.92 Å². The maximum Gasteiger partial charge on any atom is 0.349 e. The fourth-order valence-electron chi connectivity index (χ4n) is 1.77. The molecule has 22 heavy (non-hydrogen) atoms. The van der Waals surface area contributed by atoms with E-state index in [2.05, 4.69) is 0 Å². The van der Waals surface area contributed by atoms with Gasteiger partial charge in [0.2, 0.25) is 0 Å². The highest BCUT2D eigenvalue weighted by Crippen LogP contribution is 2.36. The predicted molar refractivity (Wildman–Crippen MR) is 76.0 cm³/mol. The number of nitro groups is 2. The van der Waals surface area contributed by atoms with Crippen molar-refractivity contribution in [3.8, 4) is 11.5 Å². The first-order chi connectivity index (χ1) is 10.3. The minimum Gasteiger partial charge on any atom is -0.452 e. The van der Waals surface area contributed by atoms with Gasteiger partial charge in [-0.15, -0.1) is 0 Å². The average Bonchev–Trinajstić information content (AvgIpc) is 2.42. The second kappa shape index (κ2) is 5.94. The minimum absolute atomic E-state index is 0.0153. The highest BCUT2D eigenvalue weighted by atomic mass is 35.5. The van der Waals surface area contributed by atoms with Crippen LogP contribution in [0.4, 0.5) is 15.8 Å². The van der Waals surface area contributed by atoms with Gasteiger partial charge in [0.15, 0.2) is 11.6 Å². The molecule has 0 saturated carbocycles. The van der Waals surface area contributed by atoms with Gasteiger partial charge >= 0.3 is 11.4 Å². The van der Waals surface area contributed by atoms with Crippen molar-refractivity contribution in [1.82, 2.24) is 0 Å². The molecule has 0 unspecified atom stereocenters. The zero-order chi connectivity index (χ0) is 16.4. The molecule has 0 N–H and O–H groups in total. The molecular weight excluding hydrogens is 319 g/mol. The predicted octanol–water partition coefficient (Wildman–Crippen LogP) is 4.40. The summed E-state index contributed by atoms with van der Waals surface area (Å²) in [5.74, 6) is -1.19. The van der Waals surface area contributed by atoms with Gasteiger partial charge < -0.3 is 4.74 Å². The third-order valence-electron chi connectivity index (χ3n) is 2.70. The molecule has 0 radical (unpaired) electrons. The molecule has 2 aromatic carbocycles. The number of aryl methyl sites for hydroxylation is 1. The van der Waals surface area contributed by atoms with Gasteiger partial charge in [0.1, 0.15) is 5.75 Å². The van der Waals surface area contributed by atoms with Gasteiger partial charge in [0.05, 0.1) is 20.9 Å². The summed E-state index contributed by atoms with van der Waals surface area (Å²) in [4.78, 5) is 19.8. The van der Waals surface area contributed by atoms with E-state index < -0.39 is 27.0 Å². The van der Waals surface area contributed by atoms with E-state index in [1.54, 1.807) is 6.92 Å². The Hall–Kier alpha value is -2.74. The van der Waals surface area contributed by atoms with Crippen LogP contribution < -0.4 is 4.74 Å². The van der Waals surface area contributed by atoms with Crippen LogP contribution in [-0.4, -0.2) is 9.85 Å². The van der Waals surface area contributed by atoms with Gasteiger partial charge in [-0.2, -0.15) is 0 Å². The highest BCUT2D eigenvalue weighted by Gasteiger charge is 2.25. The van der Waals surface area contributed by atoms with Crippen LogP contribution in [0.2, 0.25) is 5.02 Å². The molecule has 0 fully saturated rings. The summed E-state index contributed by atoms with van der Waals surface area (Å²) >= 11 is 5.86. The van der Waals surface area contributed by atoms with Gasteiger partial charge in [-0.3, -0.25) is 20.2 Å². The van der Waals surface area contributed by atoms with E-state index in [-0.39, 0.29) is 16.5 Å². The molecule has 0 aromatic heterocycles. The Balaban J connectivity index is 2.45. The van der Waals surface area contributed by atoms with Crippen LogP contribution in [-0.2, 0) is 0 Å². The average molecular weight is 327 g/mol. The van der Waals surface area contributed by atoms with E-state index >= 15 is 0 Å². The highest BCUT2D eigenvalue weighted by molar-refractivity contribution is 6.32. The molecule has 0 saturated heterocycles. The molecule has 7 nitrogen and oxygen atoms in total. The molecule has 0 bridgehead atoms. The van der Waals surface area contributed by atoms with Gasteiger partial charge in [-0.25, -0.2) is 4.39 Å². The number of ether oxygens (including phenoxy) is 1. The Labute approximate surface area is 128 Å². The van der Waals surface area contributed by atoms with Crippen LogP contribution in [0.25, 0.3) is 0 Å². The van der Waals surface area contributed by atoms with Crippen molar-refractivity contribution in [1.29, 1.82) is 0 Å². The first kappa shape index (κ1) is 15.6. The molecule has 0 spiro atoms. The normalized spacial score (nSPS) is 10.3. The fourth-order valence-corrected chi connectivity index (χ4v) is 2.07. The quantitative estimate of drug-likeness (QED) is 0.613. The van der Waals surface area contributed by atoms with Crippen LogP contribution in [0.15, 0.2) is 30.3 Å². The molecule has 0 atom stereocenters. The SMILES string of the molecule is Cc1cc(F)c(Oc2ccc([N+](=O)[O-])c([N+](=O)[O-])c2)c(Cl)c1. The molecule has 2 rings (SSSR count). The number of hydrogen-bond acceptors (Lipinski definition) is 5. The number of halogens is 2. The molecule has 0 heterocycles. The molecule has 0 amide bonds. The number of benzene rings is 2. The lowest BCUT2D eigenvalue weighted by molar-refractivity contribution is -0.422. The van der Waals surface area contributed by atoms with E-state index in [1.807, 2.05) is 0 Å². The minimum atomic E-state index is -0.919. The zero-order valence-electron chi connectivity index (χ0n) is 11.1. The van der Waals surface area contributed by atoms with Crippen LogP contribution >= 0.6 is 11.6 Å². The van der Waals surface area contributed by atoms with E-state index in [4.69, 9.17) is 16.3 Å². The van der Waals surface area contributed by atoms with Gasteiger partial charge in [0.25, 0.3) is 0 Å². The smallest absolute Gasteiger partial charge is 0.349 e. The first-order valence-electron chi connectivity index (χ1n) is 5.86. The van der Waals surface area contributed by atoms with E-state index in [1.165, 1.54) is 12.1 Å². The Morgan fingerprint density at radius 3 is 2.27 bits per heavy atom. The first-order valence-corrected chi connectivity index (χ1v) is 6.23. The van der Waals surface area contributed by atoms with Crippen molar-refractivity contribution < 1.29 is 19.0 Å². The number of hydrogen-bond donors (Lipinski definition) is 0.